The van der Waals surface area contributed by atoms with Crippen LogP contribution in [0.5, 0.6) is 0 Å². The molecule has 4 rings (SSSR count). The molecule has 0 saturated carbocycles. The van der Waals surface area contributed by atoms with Crippen LogP contribution in [-0.4, -0.2) is 51.8 Å². The highest BCUT2D eigenvalue weighted by Gasteiger charge is 2.44. The number of likely N-dealkylation sites (tertiary alicyclic amines) is 2. The Morgan fingerprint density at radius 3 is 2.76 bits per heavy atom. The average molecular weight is 338 g/mol. The summed E-state index contributed by atoms with van der Waals surface area (Å²) in [6.45, 7) is 9.02. The molecule has 0 N–H and O–H groups in total. The number of aryl methyl sites for hydroxylation is 2. The Morgan fingerprint density at radius 2 is 2.00 bits per heavy atom. The molecule has 2 saturated heterocycles. The zero-order chi connectivity index (χ0) is 17.4. The quantitative estimate of drug-likeness (QED) is 0.845. The summed E-state index contributed by atoms with van der Waals surface area (Å²) >= 11 is 0. The first kappa shape index (κ1) is 16.3. The zero-order valence-electron chi connectivity index (χ0n) is 15.1. The first-order chi connectivity index (χ1) is 12.0. The van der Waals surface area contributed by atoms with E-state index in [0.717, 1.165) is 44.7 Å². The predicted octanol–water partition coefficient (Wildman–Crippen LogP) is 3.07. The average Bonchev–Trinajstić information content (AvgIpc) is 3.29. The van der Waals surface area contributed by atoms with Crippen molar-refractivity contribution >= 4 is 6.03 Å². The number of rotatable bonds is 2. The lowest BCUT2D eigenvalue weighted by Crippen LogP contribution is -2.36. The summed E-state index contributed by atoms with van der Waals surface area (Å²) < 4.78 is 1.48. The van der Waals surface area contributed by atoms with Crippen LogP contribution in [0, 0.1) is 19.3 Å². The molecule has 2 aliphatic heterocycles. The van der Waals surface area contributed by atoms with Gasteiger partial charge in [0, 0.05) is 37.8 Å². The van der Waals surface area contributed by atoms with E-state index in [1.807, 2.05) is 18.0 Å². The second-order valence-electron chi connectivity index (χ2n) is 7.87. The Bertz CT molecular complexity index is 784. The lowest BCUT2D eigenvalue weighted by atomic mass is 9.86. The fraction of sp³-hybridized carbons (Fsp3) is 0.500. The monoisotopic (exact) mass is 338 g/mol. The molecule has 0 radical (unpaired) electrons. The van der Waals surface area contributed by atoms with Crippen molar-refractivity contribution in [2.75, 3.05) is 26.2 Å². The molecule has 25 heavy (non-hydrogen) atoms. The van der Waals surface area contributed by atoms with E-state index in [4.69, 9.17) is 0 Å². The molecule has 1 atom stereocenters. The van der Waals surface area contributed by atoms with E-state index in [0.29, 0.717) is 0 Å². The van der Waals surface area contributed by atoms with Gasteiger partial charge < -0.3 is 4.90 Å². The van der Waals surface area contributed by atoms with Crippen molar-refractivity contribution in [3.8, 4) is 0 Å². The number of amides is 1. The second kappa shape index (κ2) is 6.30. The highest BCUT2D eigenvalue weighted by Crippen LogP contribution is 2.40. The summed E-state index contributed by atoms with van der Waals surface area (Å²) in [6, 6.07) is 8.78. The summed E-state index contributed by atoms with van der Waals surface area (Å²) in [5.41, 5.74) is 3.99. The fourth-order valence-corrected chi connectivity index (χ4v) is 4.33. The van der Waals surface area contributed by atoms with Gasteiger partial charge >= 0.3 is 6.03 Å². The minimum Gasteiger partial charge on any atom is -0.322 e. The molecule has 1 amide bonds. The lowest BCUT2D eigenvalue weighted by molar-refractivity contribution is 0.196. The molecule has 1 aromatic carbocycles. The van der Waals surface area contributed by atoms with Crippen molar-refractivity contribution in [2.24, 2.45) is 5.41 Å². The summed E-state index contributed by atoms with van der Waals surface area (Å²) in [7, 11) is 0. The summed E-state index contributed by atoms with van der Waals surface area (Å²) in [5, 5.41) is 4.17. The fourth-order valence-electron chi connectivity index (χ4n) is 4.33. The van der Waals surface area contributed by atoms with Gasteiger partial charge in [0.1, 0.15) is 0 Å². The Morgan fingerprint density at radius 1 is 1.16 bits per heavy atom. The van der Waals surface area contributed by atoms with Gasteiger partial charge in [0.2, 0.25) is 0 Å². The Hall–Kier alpha value is -2.14. The van der Waals surface area contributed by atoms with Gasteiger partial charge in [-0.05, 0) is 44.4 Å². The Labute approximate surface area is 149 Å². The van der Waals surface area contributed by atoms with Crippen LogP contribution >= 0.6 is 0 Å². The van der Waals surface area contributed by atoms with Gasteiger partial charge in [-0.15, -0.1) is 0 Å². The second-order valence-corrected chi connectivity index (χ2v) is 7.87. The van der Waals surface area contributed by atoms with Crippen molar-refractivity contribution in [1.29, 1.82) is 0 Å². The highest BCUT2D eigenvalue weighted by molar-refractivity contribution is 5.76. The number of hydrogen-bond donors (Lipinski definition) is 0. The number of benzene rings is 1. The molecule has 2 aromatic rings. The van der Waals surface area contributed by atoms with E-state index in [1.165, 1.54) is 22.2 Å². The summed E-state index contributed by atoms with van der Waals surface area (Å²) in [4.78, 5) is 17.1. The smallest absolute Gasteiger partial charge is 0.322 e. The van der Waals surface area contributed by atoms with E-state index in [9.17, 15) is 4.79 Å². The molecule has 1 unspecified atom stereocenters. The molecular weight excluding hydrogens is 312 g/mol. The van der Waals surface area contributed by atoms with Gasteiger partial charge in [-0.3, -0.25) is 4.90 Å². The lowest BCUT2D eigenvalue weighted by Gasteiger charge is -2.24. The molecule has 1 spiro atoms. The van der Waals surface area contributed by atoms with Crippen LogP contribution < -0.4 is 0 Å². The first-order valence-electron chi connectivity index (χ1n) is 9.12. The van der Waals surface area contributed by atoms with Gasteiger partial charge in [-0.25, -0.2) is 4.79 Å². The van der Waals surface area contributed by atoms with Crippen LogP contribution in [0.1, 0.15) is 29.5 Å². The first-order valence-corrected chi connectivity index (χ1v) is 9.12. The highest BCUT2D eigenvalue weighted by atomic mass is 16.2. The SMILES string of the molecule is Cc1cccc(CN2CCC3(CCN(C(=O)n4cc(C)cn4)C3)C2)c1. The van der Waals surface area contributed by atoms with Crippen molar-refractivity contribution in [3.63, 3.8) is 0 Å². The number of aromatic nitrogens is 2. The number of nitrogens with zero attached hydrogens (tertiary/aromatic N) is 4. The molecule has 5 nitrogen and oxygen atoms in total. The molecule has 0 aliphatic carbocycles. The van der Waals surface area contributed by atoms with Crippen molar-refractivity contribution in [2.45, 2.75) is 33.2 Å². The van der Waals surface area contributed by atoms with E-state index in [1.54, 1.807) is 6.20 Å². The molecule has 3 heterocycles. The van der Waals surface area contributed by atoms with E-state index in [2.05, 4.69) is 41.2 Å². The minimum atomic E-state index is 0.0158. The number of carbonyl (C=O) groups is 1. The van der Waals surface area contributed by atoms with E-state index in [-0.39, 0.29) is 11.4 Å². The van der Waals surface area contributed by atoms with Gasteiger partial charge in [0.25, 0.3) is 0 Å². The number of carbonyl (C=O) groups excluding carboxylic acids is 1. The summed E-state index contributed by atoms with van der Waals surface area (Å²) in [5.74, 6) is 0. The Kier molecular flexibility index (Phi) is 4.12. The molecule has 5 heteroatoms. The van der Waals surface area contributed by atoms with Crippen molar-refractivity contribution < 1.29 is 4.79 Å². The number of hydrogen-bond acceptors (Lipinski definition) is 3. The van der Waals surface area contributed by atoms with E-state index >= 15 is 0 Å². The third kappa shape index (κ3) is 3.33. The molecular formula is C20H26N4O. The maximum Gasteiger partial charge on any atom is 0.344 e. The molecule has 2 fully saturated rings. The normalized spacial score (nSPS) is 23.7. The standard InChI is InChI=1S/C20H26N4O/c1-16-4-3-5-18(10-16)13-22-8-6-20(14-22)7-9-23(15-20)19(25)24-12-17(2)11-21-24/h3-5,10-12H,6-9,13-15H2,1-2H3. The summed E-state index contributed by atoms with van der Waals surface area (Å²) in [6.07, 6.45) is 5.83. The Balaban J connectivity index is 1.38. The molecule has 1 aromatic heterocycles. The zero-order valence-corrected chi connectivity index (χ0v) is 15.1. The van der Waals surface area contributed by atoms with Gasteiger partial charge in [0.05, 0.1) is 6.20 Å². The third-order valence-electron chi connectivity index (χ3n) is 5.62. The van der Waals surface area contributed by atoms with Crippen LogP contribution in [0.2, 0.25) is 0 Å². The van der Waals surface area contributed by atoms with Crippen LogP contribution in [0.4, 0.5) is 4.79 Å². The largest absolute Gasteiger partial charge is 0.344 e. The molecule has 0 bridgehead atoms. The van der Waals surface area contributed by atoms with Crippen molar-refractivity contribution in [3.05, 3.63) is 53.3 Å². The van der Waals surface area contributed by atoms with Gasteiger partial charge in [0.15, 0.2) is 0 Å². The predicted molar refractivity (Wildman–Crippen MR) is 97.5 cm³/mol. The molecule has 2 aliphatic rings. The van der Waals surface area contributed by atoms with Gasteiger partial charge in [-0.2, -0.15) is 9.78 Å². The van der Waals surface area contributed by atoms with Crippen LogP contribution in [0.3, 0.4) is 0 Å². The topological polar surface area (TPSA) is 41.4 Å². The maximum atomic E-state index is 12.6. The van der Waals surface area contributed by atoms with Crippen LogP contribution in [0.15, 0.2) is 36.7 Å². The molecule has 132 valence electrons. The van der Waals surface area contributed by atoms with Crippen LogP contribution in [0.25, 0.3) is 0 Å². The maximum absolute atomic E-state index is 12.6. The van der Waals surface area contributed by atoms with Crippen molar-refractivity contribution in [1.82, 2.24) is 19.6 Å². The van der Waals surface area contributed by atoms with Crippen LogP contribution in [-0.2, 0) is 6.54 Å². The van der Waals surface area contributed by atoms with E-state index < -0.39 is 0 Å². The van der Waals surface area contributed by atoms with Gasteiger partial charge in [-0.1, -0.05) is 29.8 Å². The minimum absolute atomic E-state index is 0.0158. The third-order valence-corrected chi connectivity index (χ3v) is 5.62.